The standard InChI is InChI=1S/C16H25N3O2/c20-12-9-17-13-16(21)18-14-7-3-4-8-15(14)19-10-5-1-2-6-11-19/h3-4,7-8,17,20H,1-2,5-6,9-13H2,(H,18,21). The lowest BCUT2D eigenvalue weighted by Gasteiger charge is -2.25. The van der Waals surface area contributed by atoms with Crippen molar-refractivity contribution in [1.82, 2.24) is 5.32 Å². The summed E-state index contributed by atoms with van der Waals surface area (Å²) in [7, 11) is 0. The second-order valence-electron chi connectivity index (χ2n) is 5.37. The summed E-state index contributed by atoms with van der Waals surface area (Å²) < 4.78 is 0. The summed E-state index contributed by atoms with van der Waals surface area (Å²) in [5.41, 5.74) is 1.98. The molecule has 0 aromatic heterocycles. The van der Waals surface area contributed by atoms with E-state index in [9.17, 15) is 4.79 Å². The third-order valence-corrected chi connectivity index (χ3v) is 3.70. The van der Waals surface area contributed by atoms with Gasteiger partial charge in [-0.15, -0.1) is 0 Å². The fraction of sp³-hybridized carbons (Fsp3) is 0.562. The van der Waals surface area contributed by atoms with Crippen LogP contribution in [0, 0.1) is 0 Å². The average molecular weight is 291 g/mol. The molecule has 0 bridgehead atoms. The molecule has 116 valence electrons. The number of nitrogens with zero attached hydrogens (tertiary/aromatic N) is 1. The van der Waals surface area contributed by atoms with E-state index in [2.05, 4.69) is 21.6 Å². The molecule has 0 saturated carbocycles. The molecular formula is C16H25N3O2. The number of rotatable bonds is 6. The van der Waals surface area contributed by atoms with Gasteiger partial charge in [0.15, 0.2) is 0 Å². The summed E-state index contributed by atoms with van der Waals surface area (Å²) in [5.74, 6) is -0.0780. The summed E-state index contributed by atoms with van der Waals surface area (Å²) in [6, 6.07) is 7.98. The van der Waals surface area contributed by atoms with Crippen LogP contribution in [0.15, 0.2) is 24.3 Å². The highest BCUT2D eigenvalue weighted by atomic mass is 16.3. The van der Waals surface area contributed by atoms with Gasteiger partial charge in [-0.25, -0.2) is 0 Å². The van der Waals surface area contributed by atoms with Crippen LogP contribution in [0.1, 0.15) is 25.7 Å². The summed E-state index contributed by atoms with van der Waals surface area (Å²) in [5, 5.41) is 14.6. The first-order valence-electron chi connectivity index (χ1n) is 7.76. The van der Waals surface area contributed by atoms with E-state index in [1.807, 2.05) is 18.2 Å². The Morgan fingerprint density at radius 2 is 1.86 bits per heavy atom. The molecule has 1 saturated heterocycles. The molecule has 1 aliphatic rings. The number of carbonyl (C=O) groups is 1. The van der Waals surface area contributed by atoms with Gasteiger partial charge in [0.05, 0.1) is 24.5 Å². The van der Waals surface area contributed by atoms with Crippen molar-refractivity contribution >= 4 is 17.3 Å². The Bertz CT molecular complexity index is 443. The first-order valence-corrected chi connectivity index (χ1v) is 7.76. The molecule has 1 heterocycles. The van der Waals surface area contributed by atoms with Crippen LogP contribution in [0.2, 0.25) is 0 Å². The Labute approximate surface area is 126 Å². The number of benzene rings is 1. The number of hydrogen-bond donors (Lipinski definition) is 3. The lowest BCUT2D eigenvalue weighted by molar-refractivity contribution is -0.115. The SMILES string of the molecule is O=C(CNCCO)Nc1ccccc1N1CCCCCC1. The van der Waals surface area contributed by atoms with Gasteiger partial charge in [0, 0.05) is 19.6 Å². The molecule has 1 aliphatic heterocycles. The normalized spacial score (nSPS) is 15.6. The van der Waals surface area contributed by atoms with E-state index < -0.39 is 0 Å². The third-order valence-electron chi connectivity index (χ3n) is 3.70. The summed E-state index contributed by atoms with van der Waals surface area (Å²) in [6.07, 6.45) is 4.99. The van der Waals surface area contributed by atoms with Crippen LogP contribution in [0.25, 0.3) is 0 Å². The maximum Gasteiger partial charge on any atom is 0.238 e. The smallest absolute Gasteiger partial charge is 0.238 e. The predicted molar refractivity (Wildman–Crippen MR) is 85.7 cm³/mol. The van der Waals surface area contributed by atoms with Gasteiger partial charge in [-0.3, -0.25) is 4.79 Å². The van der Waals surface area contributed by atoms with Crippen LogP contribution in [-0.4, -0.2) is 43.8 Å². The van der Waals surface area contributed by atoms with Crippen LogP contribution in [0.3, 0.4) is 0 Å². The van der Waals surface area contributed by atoms with E-state index in [4.69, 9.17) is 5.11 Å². The van der Waals surface area contributed by atoms with Gasteiger partial charge in [-0.2, -0.15) is 0 Å². The number of aliphatic hydroxyl groups excluding tert-OH is 1. The van der Waals surface area contributed by atoms with Crippen LogP contribution in [0.5, 0.6) is 0 Å². The number of para-hydroxylation sites is 2. The maximum absolute atomic E-state index is 11.9. The van der Waals surface area contributed by atoms with Crippen molar-refractivity contribution in [2.24, 2.45) is 0 Å². The molecular weight excluding hydrogens is 266 g/mol. The van der Waals surface area contributed by atoms with E-state index in [1.54, 1.807) is 0 Å². The average Bonchev–Trinajstić information content (AvgIpc) is 2.77. The molecule has 21 heavy (non-hydrogen) atoms. The van der Waals surface area contributed by atoms with E-state index in [1.165, 1.54) is 25.7 Å². The summed E-state index contributed by atoms with van der Waals surface area (Å²) >= 11 is 0. The number of nitrogens with one attached hydrogen (secondary N) is 2. The molecule has 5 heteroatoms. The summed E-state index contributed by atoms with van der Waals surface area (Å²) in [6.45, 7) is 2.79. The Balaban J connectivity index is 2.00. The molecule has 0 spiro atoms. The lowest BCUT2D eigenvalue weighted by atomic mass is 10.2. The van der Waals surface area contributed by atoms with Gasteiger partial charge in [-0.05, 0) is 25.0 Å². The zero-order valence-electron chi connectivity index (χ0n) is 12.5. The number of aliphatic hydroxyl groups is 1. The van der Waals surface area contributed by atoms with Crippen molar-refractivity contribution in [3.63, 3.8) is 0 Å². The van der Waals surface area contributed by atoms with Gasteiger partial charge >= 0.3 is 0 Å². The van der Waals surface area contributed by atoms with Crippen LogP contribution in [0.4, 0.5) is 11.4 Å². The van der Waals surface area contributed by atoms with Crippen LogP contribution in [-0.2, 0) is 4.79 Å². The van der Waals surface area contributed by atoms with Crippen molar-refractivity contribution in [2.45, 2.75) is 25.7 Å². The monoisotopic (exact) mass is 291 g/mol. The Kier molecular flexibility index (Phi) is 6.50. The molecule has 1 aromatic carbocycles. The first kappa shape index (κ1) is 15.8. The highest BCUT2D eigenvalue weighted by Gasteiger charge is 2.14. The molecule has 1 amide bonds. The van der Waals surface area contributed by atoms with Crippen molar-refractivity contribution in [2.75, 3.05) is 43.0 Å². The number of hydrogen-bond acceptors (Lipinski definition) is 4. The Morgan fingerprint density at radius 1 is 1.14 bits per heavy atom. The van der Waals surface area contributed by atoms with E-state index >= 15 is 0 Å². The molecule has 1 fully saturated rings. The quantitative estimate of drug-likeness (QED) is 0.696. The van der Waals surface area contributed by atoms with Gasteiger partial charge < -0.3 is 20.6 Å². The lowest BCUT2D eigenvalue weighted by Crippen LogP contribution is -2.31. The van der Waals surface area contributed by atoms with Crippen LogP contribution < -0.4 is 15.5 Å². The highest BCUT2D eigenvalue weighted by molar-refractivity contribution is 5.95. The Morgan fingerprint density at radius 3 is 2.57 bits per heavy atom. The predicted octanol–water partition coefficient (Wildman–Crippen LogP) is 1.59. The highest BCUT2D eigenvalue weighted by Crippen LogP contribution is 2.27. The van der Waals surface area contributed by atoms with Gasteiger partial charge in [0.25, 0.3) is 0 Å². The number of amides is 1. The van der Waals surface area contributed by atoms with E-state index in [-0.39, 0.29) is 19.1 Å². The number of anilines is 2. The largest absolute Gasteiger partial charge is 0.395 e. The zero-order chi connectivity index (χ0) is 14.9. The van der Waals surface area contributed by atoms with Gasteiger partial charge in [0.1, 0.15) is 0 Å². The second-order valence-corrected chi connectivity index (χ2v) is 5.37. The van der Waals surface area contributed by atoms with E-state index in [0.29, 0.717) is 6.54 Å². The second kappa shape index (κ2) is 8.64. The van der Waals surface area contributed by atoms with Crippen molar-refractivity contribution < 1.29 is 9.90 Å². The topological polar surface area (TPSA) is 64.6 Å². The maximum atomic E-state index is 11.9. The minimum atomic E-state index is -0.0780. The fourth-order valence-electron chi connectivity index (χ4n) is 2.64. The van der Waals surface area contributed by atoms with Gasteiger partial charge in [-0.1, -0.05) is 25.0 Å². The molecule has 3 N–H and O–H groups in total. The number of carbonyl (C=O) groups excluding carboxylic acids is 1. The molecule has 0 aliphatic carbocycles. The third kappa shape index (κ3) is 5.02. The Hall–Kier alpha value is -1.59. The van der Waals surface area contributed by atoms with Gasteiger partial charge in [0.2, 0.25) is 5.91 Å². The van der Waals surface area contributed by atoms with Crippen molar-refractivity contribution in [1.29, 1.82) is 0 Å². The minimum absolute atomic E-state index is 0.0393. The molecule has 5 nitrogen and oxygen atoms in total. The van der Waals surface area contributed by atoms with Crippen LogP contribution >= 0.6 is 0 Å². The minimum Gasteiger partial charge on any atom is -0.395 e. The fourth-order valence-corrected chi connectivity index (χ4v) is 2.64. The molecule has 0 unspecified atom stereocenters. The van der Waals surface area contributed by atoms with Crippen molar-refractivity contribution in [3.05, 3.63) is 24.3 Å². The molecule has 1 aromatic rings. The molecule has 0 radical (unpaired) electrons. The van der Waals surface area contributed by atoms with Crippen molar-refractivity contribution in [3.8, 4) is 0 Å². The zero-order valence-corrected chi connectivity index (χ0v) is 12.5. The molecule has 0 atom stereocenters. The summed E-state index contributed by atoms with van der Waals surface area (Å²) in [4.78, 5) is 14.3. The molecule has 2 rings (SSSR count). The van der Waals surface area contributed by atoms with E-state index in [0.717, 1.165) is 24.5 Å². The first-order chi connectivity index (χ1) is 10.3.